The molecule has 158 valence electrons. The largest absolute Gasteiger partial charge is 0.475 e. The predicted molar refractivity (Wildman–Crippen MR) is 104 cm³/mol. The van der Waals surface area contributed by atoms with E-state index in [0.717, 1.165) is 31.7 Å². The van der Waals surface area contributed by atoms with Gasteiger partial charge in [-0.25, -0.2) is 4.98 Å². The van der Waals surface area contributed by atoms with Crippen molar-refractivity contribution in [3.05, 3.63) is 23.9 Å². The van der Waals surface area contributed by atoms with Gasteiger partial charge in [0.1, 0.15) is 12.2 Å². The summed E-state index contributed by atoms with van der Waals surface area (Å²) >= 11 is 0. The van der Waals surface area contributed by atoms with E-state index in [1.165, 1.54) is 12.3 Å². The number of nitrogens with one attached hydrogen (secondary N) is 2. The highest BCUT2D eigenvalue weighted by Crippen LogP contribution is 2.34. The van der Waals surface area contributed by atoms with Crippen LogP contribution in [0.2, 0.25) is 0 Å². The van der Waals surface area contributed by atoms with Crippen LogP contribution in [-0.4, -0.2) is 52.4 Å². The van der Waals surface area contributed by atoms with Gasteiger partial charge in [-0.2, -0.15) is 13.2 Å². The highest BCUT2D eigenvalue weighted by Gasteiger charge is 2.35. The molecule has 2 rings (SSSR count). The van der Waals surface area contributed by atoms with Gasteiger partial charge in [0.05, 0.1) is 6.54 Å². The number of nitrogens with zero attached hydrogens (tertiary/aromatic N) is 2. The molecule has 3 atom stereocenters. The second kappa shape index (κ2) is 10.6. The third-order valence-corrected chi connectivity index (χ3v) is 6.30. The Morgan fingerprint density at radius 3 is 2.89 bits per heavy atom. The number of aliphatic imine (C=N–C) groups is 1. The molecule has 2 N–H and O–H groups in total. The molecule has 6 nitrogen and oxygen atoms in total. The zero-order chi connectivity index (χ0) is 20.6. The molecule has 0 amide bonds. The minimum absolute atomic E-state index is 0.00787. The van der Waals surface area contributed by atoms with E-state index in [-0.39, 0.29) is 24.4 Å². The summed E-state index contributed by atoms with van der Waals surface area (Å²) in [6.07, 6.45) is 0.527. The third kappa shape index (κ3) is 6.65. The summed E-state index contributed by atoms with van der Waals surface area (Å²) in [6, 6.07) is 2.34. The SMILES string of the molecule is CCS(=O)C1CCCC(NC(=NC)NCCOc2ncccc2C(F)(F)F)C1. The van der Waals surface area contributed by atoms with E-state index in [0.29, 0.717) is 11.7 Å². The molecule has 1 fully saturated rings. The third-order valence-electron chi connectivity index (χ3n) is 4.56. The van der Waals surface area contributed by atoms with Gasteiger partial charge in [0.15, 0.2) is 5.96 Å². The molecule has 28 heavy (non-hydrogen) atoms. The maximum Gasteiger partial charge on any atom is 0.421 e. The van der Waals surface area contributed by atoms with Crippen LogP contribution in [-0.2, 0) is 17.0 Å². The van der Waals surface area contributed by atoms with Gasteiger partial charge < -0.3 is 15.4 Å². The smallest absolute Gasteiger partial charge is 0.421 e. The molecule has 1 aromatic heterocycles. The van der Waals surface area contributed by atoms with Gasteiger partial charge in [-0.1, -0.05) is 13.3 Å². The van der Waals surface area contributed by atoms with Gasteiger partial charge in [-0.05, 0) is 31.4 Å². The van der Waals surface area contributed by atoms with Crippen molar-refractivity contribution in [2.24, 2.45) is 4.99 Å². The molecule has 1 heterocycles. The Kier molecular flexibility index (Phi) is 8.53. The van der Waals surface area contributed by atoms with Crippen LogP contribution in [0.4, 0.5) is 13.2 Å². The van der Waals surface area contributed by atoms with Crippen LogP contribution < -0.4 is 15.4 Å². The molecule has 3 unspecified atom stereocenters. The highest BCUT2D eigenvalue weighted by atomic mass is 32.2. The number of alkyl halides is 3. The van der Waals surface area contributed by atoms with E-state index in [1.54, 1.807) is 7.05 Å². The van der Waals surface area contributed by atoms with Gasteiger partial charge in [0, 0.05) is 41.1 Å². The van der Waals surface area contributed by atoms with Crippen molar-refractivity contribution in [3.8, 4) is 5.88 Å². The summed E-state index contributed by atoms with van der Waals surface area (Å²) in [5, 5.41) is 6.53. The summed E-state index contributed by atoms with van der Waals surface area (Å²) in [5.41, 5.74) is -0.894. The molecule has 10 heteroatoms. The number of aromatic nitrogens is 1. The van der Waals surface area contributed by atoms with Crippen LogP contribution in [0.15, 0.2) is 23.3 Å². The summed E-state index contributed by atoms with van der Waals surface area (Å²) in [5.74, 6) is 0.778. The summed E-state index contributed by atoms with van der Waals surface area (Å²) < 4.78 is 56.0. The quantitative estimate of drug-likeness (QED) is 0.403. The molecular formula is C18H27F3N4O2S. The monoisotopic (exact) mass is 420 g/mol. The summed E-state index contributed by atoms with van der Waals surface area (Å²) in [6.45, 7) is 2.21. The van der Waals surface area contributed by atoms with Crippen LogP contribution in [0, 0.1) is 0 Å². The average molecular weight is 421 g/mol. The minimum Gasteiger partial charge on any atom is -0.475 e. The van der Waals surface area contributed by atoms with E-state index in [4.69, 9.17) is 4.74 Å². The van der Waals surface area contributed by atoms with Crippen molar-refractivity contribution in [2.45, 2.75) is 50.1 Å². The first-order valence-electron chi connectivity index (χ1n) is 9.34. The first-order valence-corrected chi connectivity index (χ1v) is 10.7. The maximum atomic E-state index is 12.9. The molecule has 1 aromatic rings. The highest BCUT2D eigenvalue weighted by molar-refractivity contribution is 7.85. The van der Waals surface area contributed by atoms with Gasteiger partial charge in [-0.15, -0.1) is 0 Å². The van der Waals surface area contributed by atoms with Crippen molar-refractivity contribution in [2.75, 3.05) is 26.0 Å². The number of hydrogen-bond donors (Lipinski definition) is 2. The first kappa shape index (κ1) is 22.4. The van der Waals surface area contributed by atoms with Crippen LogP contribution in [0.25, 0.3) is 0 Å². The van der Waals surface area contributed by atoms with E-state index >= 15 is 0 Å². The van der Waals surface area contributed by atoms with Crippen molar-refractivity contribution in [3.63, 3.8) is 0 Å². The van der Waals surface area contributed by atoms with Gasteiger partial charge in [0.2, 0.25) is 5.88 Å². The van der Waals surface area contributed by atoms with Crippen LogP contribution in [0.1, 0.15) is 38.2 Å². The van der Waals surface area contributed by atoms with Crippen LogP contribution in [0.5, 0.6) is 5.88 Å². The molecule has 0 aliphatic heterocycles. The molecule has 0 spiro atoms. The molecule has 0 aromatic carbocycles. The number of halogens is 3. The number of guanidine groups is 1. The lowest BCUT2D eigenvalue weighted by molar-refractivity contribution is -0.139. The number of pyridine rings is 1. The number of hydrogen-bond acceptors (Lipinski definition) is 4. The number of rotatable bonds is 7. The Bertz CT molecular complexity index is 685. The normalized spacial score (nSPS) is 21.8. The molecule has 0 saturated heterocycles. The fraction of sp³-hybridized carbons (Fsp3) is 0.667. The van der Waals surface area contributed by atoms with Crippen LogP contribution >= 0.6 is 0 Å². The Balaban J connectivity index is 1.80. The van der Waals surface area contributed by atoms with Crippen LogP contribution in [0.3, 0.4) is 0 Å². The molecule has 1 saturated carbocycles. The lowest BCUT2D eigenvalue weighted by Crippen LogP contribution is -2.47. The van der Waals surface area contributed by atoms with Crippen molar-refractivity contribution in [1.82, 2.24) is 15.6 Å². The first-order chi connectivity index (χ1) is 13.3. The standard InChI is InChI=1S/C18H27F3N4O2S/c1-3-28(26)14-7-4-6-13(12-14)25-17(22-2)24-10-11-27-16-15(18(19,20)21)8-5-9-23-16/h5,8-9,13-14H,3-4,6-7,10-12H2,1-2H3,(H2,22,24,25). The lowest BCUT2D eigenvalue weighted by Gasteiger charge is -2.30. The average Bonchev–Trinajstić information content (AvgIpc) is 2.69. The zero-order valence-electron chi connectivity index (χ0n) is 16.1. The Morgan fingerprint density at radius 1 is 1.43 bits per heavy atom. The second-order valence-electron chi connectivity index (χ2n) is 6.50. The Labute approximate surface area is 165 Å². The Hall–Kier alpha value is -1.84. The zero-order valence-corrected chi connectivity index (χ0v) is 16.9. The lowest BCUT2D eigenvalue weighted by atomic mass is 9.95. The van der Waals surface area contributed by atoms with Crippen molar-refractivity contribution < 1.29 is 22.1 Å². The fourth-order valence-electron chi connectivity index (χ4n) is 3.18. The van der Waals surface area contributed by atoms with E-state index < -0.39 is 28.4 Å². The van der Waals surface area contributed by atoms with E-state index in [2.05, 4.69) is 20.6 Å². The van der Waals surface area contributed by atoms with Crippen molar-refractivity contribution >= 4 is 16.8 Å². The van der Waals surface area contributed by atoms with Gasteiger partial charge >= 0.3 is 6.18 Å². The van der Waals surface area contributed by atoms with Crippen molar-refractivity contribution in [1.29, 1.82) is 0 Å². The minimum atomic E-state index is -4.51. The molecule has 0 bridgehead atoms. The summed E-state index contributed by atoms with van der Waals surface area (Å²) in [7, 11) is 0.818. The Morgan fingerprint density at radius 2 is 2.21 bits per heavy atom. The molecular weight excluding hydrogens is 393 g/mol. The van der Waals surface area contributed by atoms with Gasteiger partial charge in [0.25, 0.3) is 0 Å². The maximum absolute atomic E-state index is 12.9. The summed E-state index contributed by atoms with van der Waals surface area (Å²) in [4.78, 5) is 7.80. The second-order valence-corrected chi connectivity index (χ2v) is 8.51. The molecule has 1 aliphatic carbocycles. The fourth-order valence-corrected chi connectivity index (χ4v) is 4.53. The topological polar surface area (TPSA) is 75.6 Å². The van der Waals surface area contributed by atoms with E-state index in [9.17, 15) is 17.4 Å². The molecule has 1 aliphatic rings. The van der Waals surface area contributed by atoms with E-state index in [1.807, 2.05) is 6.92 Å². The molecule has 0 radical (unpaired) electrons. The van der Waals surface area contributed by atoms with Gasteiger partial charge in [-0.3, -0.25) is 9.20 Å². The number of ether oxygens (including phenoxy) is 1. The predicted octanol–water partition coefficient (Wildman–Crippen LogP) is 2.72.